The molecule has 1 fully saturated rings. The van der Waals surface area contributed by atoms with Gasteiger partial charge in [-0.1, -0.05) is 0 Å². The molecule has 0 amide bonds. The fourth-order valence-electron chi connectivity index (χ4n) is 2.26. The highest BCUT2D eigenvalue weighted by Crippen LogP contribution is 2.29. The Morgan fingerprint density at radius 2 is 2.18 bits per heavy atom. The van der Waals surface area contributed by atoms with Gasteiger partial charge in [0.1, 0.15) is 11.6 Å². The summed E-state index contributed by atoms with van der Waals surface area (Å²) >= 11 is 2.98. The summed E-state index contributed by atoms with van der Waals surface area (Å²) in [6.07, 6.45) is 1.01. The van der Waals surface area contributed by atoms with Gasteiger partial charge in [0.05, 0.1) is 10.2 Å². The Morgan fingerprint density at radius 3 is 2.88 bits per heavy atom. The predicted octanol–water partition coefficient (Wildman–Crippen LogP) is 2.77. The lowest BCUT2D eigenvalue weighted by atomic mass is 10.1. The van der Waals surface area contributed by atoms with Crippen LogP contribution in [0.5, 0.6) is 0 Å². The van der Waals surface area contributed by atoms with Gasteiger partial charge < -0.3 is 10.2 Å². The van der Waals surface area contributed by atoms with Crippen molar-refractivity contribution in [1.82, 2.24) is 5.32 Å². The Kier molecular flexibility index (Phi) is 3.99. The van der Waals surface area contributed by atoms with Crippen LogP contribution in [0.4, 0.5) is 14.5 Å². The van der Waals surface area contributed by atoms with Crippen LogP contribution in [0, 0.1) is 17.6 Å². The summed E-state index contributed by atoms with van der Waals surface area (Å²) in [5, 5.41) is 3.11. The van der Waals surface area contributed by atoms with Crippen molar-refractivity contribution in [3.63, 3.8) is 0 Å². The van der Waals surface area contributed by atoms with E-state index in [1.807, 2.05) is 11.9 Å². The Labute approximate surface area is 108 Å². The number of halogens is 3. The first kappa shape index (κ1) is 12.8. The van der Waals surface area contributed by atoms with E-state index in [2.05, 4.69) is 21.2 Å². The molecule has 1 atom stereocenters. The van der Waals surface area contributed by atoms with Crippen molar-refractivity contribution in [2.75, 3.05) is 31.6 Å². The van der Waals surface area contributed by atoms with E-state index in [-0.39, 0.29) is 10.3 Å². The maximum Gasteiger partial charge on any atom is 0.147 e. The molecule has 1 N–H and O–H groups in total. The van der Waals surface area contributed by atoms with E-state index in [1.165, 1.54) is 12.1 Å². The van der Waals surface area contributed by atoms with Crippen molar-refractivity contribution in [1.29, 1.82) is 0 Å². The molecule has 1 heterocycles. The molecule has 17 heavy (non-hydrogen) atoms. The largest absolute Gasteiger partial charge is 0.369 e. The summed E-state index contributed by atoms with van der Waals surface area (Å²) < 4.78 is 27.3. The average molecular weight is 305 g/mol. The molecule has 2 rings (SSSR count). The molecular formula is C12H15BrF2N2. The van der Waals surface area contributed by atoms with E-state index in [1.54, 1.807) is 0 Å². The molecule has 1 aromatic rings. The van der Waals surface area contributed by atoms with Crippen LogP contribution in [0.2, 0.25) is 0 Å². The molecule has 1 aromatic carbocycles. The lowest BCUT2D eigenvalue weighted by Gasteiger charge is -2.19. The molecule has 0 radical (unpaired) electrons. The van der Waals surface area contributed by atoms with E-state index in [0.717, 1.165) is 26.1 Å². The monoisotopic (exact) mass is 304 g/mol. The Balaban J connectivity index is 2.16. The molecule has 0 aromatic heterocycles. The molecule has 1 unspecified atom stereocenters. The molecule has 5 heteroatoms. The normalized spacial score (nSPS) is 20.0. The summed E-state index contributed by atoms with van der Waals surface area (Å²) in [5.41, 5.74) is 0.365. The molecule has 0 aliphatic carbocycles. The molecule has 0 bridgehead atoms. The summed E-state index contributed by atoms with van der Waals surface area (Å²) in [7, 11) is 1.91. The zero-order valence-electron chi connectivity index (χ0n) is 9.64. The number of benzene rings is 1. The van der Waals surface area contributed by atoms with E-state index in [0.29, 0.717) is 11.6 Å². The number of nitrogens with zero attached hydrogens (tertiary/aromatic N) is 1. The van der Waals surface area contributed by atoms with Crippen molar-refractivity contribution in [3.05, 3.63) is 28.2 Å². The first-order chi connectivity index (χ1) is 8.11. The van der Waals surface area contributed by atoms with Crippen molar-refractivity contribution in [2.45, 2.75) is 6.42 Å². The zero-order chi connectivity index (χ0) is 12.4. The Bertz CT molecular complexity index is 412. The van der Waals surface area contributed by atoms with Gasteiger partial charge in [0, 0.05) is 19.2 Å². The smallest absolute Gasteiger partial charge is 0.147 e. The van der Waals surface area contributed by atoms with Gasteiger partial charge in [0.25, 0.3) is 0 Å². The number of hydrogen-bond donors (Lipinski definition) is 1. The Hall–Kier alpha value is -0.680. The van der Waals surface area contributed by atoms with E-state index in [4.69, 9.17) is 0 Å². The second-order valence-electron chi connectivity index (χ2n) is 4.38. The first-order valence-corrected chi connectivity index (χ1v) is 6.45. The highest BCUT2D eigenvalue weighted by Gasteiger charge is 2.24. The van der Waals surface area contributed by atoms with Crippen LogP contribution in [-0.4, -0.2) is 26.7 Å². The van der Waals surface area contributed by atoms with Crippen LogP contribution in [0.1, 0.15) is 6.42 Å². The molecule has 0 saturated carbocycles. The molecule has 94 valence electrons. The quantitative estimate of drug-likeness (QED) is 0.864. The van der Waals surface area contributed by atoms with Gasteiger partial charge in [0.2, 0.25) is 0 Å². The third-order valence-corrected chi connectivity index (χ3v) is 3.72. The second-order valence-corrected chi connectivity index (χ2v) is 5.23. The molecule has 2 nitrogen and oxygen atoms in total. The lowest BCUT2D eigenvalue weighted by Crippen LogP contribution is -2.25. The highest BCUT2D eigenvalue weighted by atomic mass is 79.9. The average Bonchev–Trinajstić information content (AvgIpc) is 2.72. The number of hydrogen-bond acceptors (Lipinski definition) is 2. The molecule has 1 saturated heterocycles. The number of anilines is 1. The minimum absolute atomic E-state index is 0.171. The summed E-state index contributed by atoms with van der Waals surface area (Å²) in [6.45, 7) is 2.47. The summed E-state index contributed by atoms with van der Waals surface area (Å²) in [6, 6.07) is 2.46. The zero-order valence-corrected chi connectivity index (χ0v) is 11.2. The fourth-order valence-corrected chi connectivity index (χ4v) is 2.58. The van der Waals surface area contributed by atoms with Crippen LogP contribution in [0.3, 0.4) is 0 Å². The minimum atomic E-state index is -0.418. The van der Waals surface area contributed by atoms with Gasteiger partial charge in [0.15, 0.2) is 0 Å². The predicted molar refractivity (Wildman–Crippen MR) is 68.3 cm³/mol. The van der Waals surface area contributed by atoms with Gasteiger partial charge in [-0.15, -0.1) is 0 Å². The SMILES string of the molecule is CNCC1CCN(c2cc(F)c(Br)cc2F)C1. The topological polar surface area (TPSA) is 15.3 Å². The summed E-state index contributed by atoms with van der Waals surface area (Å²) in [5.74, 6) is -0.284. The van der Waals surface area contributed by atoms with Crippen LogP contribution in [-0.2, 0) is 0 Å². The van der Waals surface area contributed by atoms with Crippen molar-refractivity contribution >= 4 is 21.6 Å². The summed E-state index contributed by atoms with van der Waals surface area (Å²) in [4.78, 5) is 1.91. The van der Waals surface area contributed by atoms with Crippen LogP contribution < -0.4 is 10.2 Å². The van der Waals surface area contributed by atoms with Crippen molar-refractivity contribution < 1.29 is 8.78 Å². The van der Waals surface area contributed by atoms with Gasteiger partial charge in [-0.3, -0.25) is 0 Å². The highest BCUT2D eigenvalue weighted by molar-refractivity contribution is 9.10. The van der Waals surface area contributed by atoms with Crippen molar-refractivity contribution in [2.24, 2.45) is 5.92 Å². The van der Waals surface area contributed by atoms with Crippen molar-refractivity contribution in [3.8, 4) is 0 Å². The maximum atomic E-state index is 13.7. The third-order valence-electron chi connectivity index (χ3n) is 3.11. The van der Waals surface area contributed by atoms with E-state index < -0.39 is 5.82 Å². The number of nitrogens with one attached hydrogen (secondary N) is 1. The van der Waals surface area contributed by atoms with E-state index >= 15 is 0 Å². The lowest BCUT2D eigenvalue weighted by molar-refractivity contribution is 0.547. The minimum Gasteiger partial charge on any atom is -0.369 e. The van der Waals surface area contributed by atoms with Crippen LogP contribution in [0.15, 0.2) is 16.6 Å². The molecule has 1 aliphatic heterocycles. The molecular weight excluding hydrogens is 290 g/mol. The second kappa shape index (κ2) is 5.31. The van der Waals surface area contributed by atoms with Gasteiger partial charge >= 0.3 is 0 Å². The van der Waals surface area contributed by atoms with Crippen LogP contribution in [0.25, 0.3) is 0 Å². The van der Waals surface area contributed by atoms with Gasteiger partial charge in [-0.2, -0.15) is 0 Å². The first-order valence-electron chi connectivity index (χ1n) is 5.66. The standard InChI is InChI=1S/C12H15BrF2N2/c1-16-6-8-2-3-17(7-8)12-5-10(14)9(13)4-11(12)15/h4-5,8,16H,2-3,6-7H2,1H3. The molecule has 0 spiro atoms. The van der Waals surface area contributed by atoms with Crippen LogP contribution >= 0.6 is 15.9 Å². The van der Waals surface area contributed by atoms with Gasteiger partial charge in [-0.05, 0) is 47.9 Å². The third kappa shape index (κ3) is 2.77. The Morgan fingerprint density at radius 1 is 1.41 bits per heavy atom. The fraction of sp³-hybridized carbons (Fsp3) is 0.500. The van der Waals surface area contributed by atoms with E-state index in [9.17, 15) is 8.78 Å². The number of rotatable bonds is 3. The molecule has 1 aliphatic rings. The van der Waals surface area contributed by atoms with Gasteiger partial charge in [-0.25, -0.2) is 8.78 Å². The maximum absolute atomic E-state index is 13.7.